The third-order valence-corrected chi connectivity index (χ3v) is 4.25. The summed E-state index contributed by atoms with van der Waals surface area (Å²) in [6.07, 6.45) is 5.12. The first-order chi connectivity index (χ1) is 12.5. The molecule has 2 aromatic carbocycles. The first kappa shape index (κ1) is 17.7. The number of carbonyl (C=O) groups is 2. The molecule has 1 saturated carbocycles. The van der Waals surface area contributed by atoms with Crippen LogP contribution in [0.25, 0.3) is 6.08 Å². The van der Waals surface area contributed by atoms with E-state index in [9.17, 15) is 9.59 Å². The summed E-state index contributed by atoms with van der Waals surface area (Å²) < 4.78 is 5.11. The van der Waals surface area contributed by atoms with Crippen LogP contribution < -0.4 is 15.4 Å². The van der Waals surface area contributed by atoms with Crippen molar-refractivity contribution in [3.8, 4) is 5.75 Å². The first-order valence-electron chi connectivity index (χ1n) is 8.60. The summed E-state index contributed by atoms with van der Waals surface area (Å²) in [6, 6.07) is 12.9. The lowest BCUT2D eigenvalue weighted by molar-refractivity contribution is -0.117. The lowest BCUT2D eigenvalue weighted by Gasteiger charge is -2.10. The van der Waals surface area contributed by atoms with Gasteiger partial charge in [0, 0.05) is 23.4 Å². The molecule has 0 unspecified atom stereocenters. The van der Waals surface area contributed by atoms with Crippen molar-refractivity contribution >= 4 is 29.3 Å². The Kier molecular flexibility index (Phi) is 5.37. The molecule has 3 rings (SSSR count). The maximum absolute atomic E-state index is 12.1. The number of rotatable bonds is 6. The molecule has 0 saturated heterocycles. The predicted octanol–water partition coefficient (Wildman–Crippen LogP) is 4.00. The molecule has 0 aliphatic heterocycles. The van der Waals surface area contributed by atoms with E-state index in [-0.39, 0.29) is 17.7 Å². The fourth-order valence-corrected chi connectivity index (χ4v) is 2.49. The number of nitrogens with one attached hydrogen (secondary N) is 2. The van der Waals surface area contributed by atoms with Crippen LogP contribution in [0.1, 0.15) is 24.0 Å². The van der Waals surface area contributed by atoms with E-state index >= 15 is 0 Å². The van der Waals surface area contributed by atoms with Crippen molar-refractivity contribution in [3.05, 3.63) is 59.7 Å². The topological polar surface area (TPSA) is 67.4 Å². The number of amides is 2. The highest BCUT2D eigenvalue weighted by atomic mass is 16.5. The van der Waals surface area contributed by atoms with Crippen LogP contribution in [-0.4, -0.2) is 18.9 Å². The number of carbonyl (C=O) groups excluding carboxylic acids is 2. The monoisotopic (exact) mass is 350 g/mol. The summed E-state index contributed by atoms with van der Waals surface area (Å²) in [5, 5.41) is 5.75. The summed E-state index contributed by atoms with van der Waals surface area (Å²) in [5.74, 6) is 0.729. The van der Waals surface area contributed by atoms with Gasteiger partial charge in [0.15, 0.2) is 0 Å². The van der Waals surface area contributed by atoms with E-state index in [1.807, 2.05) is 43.3 Å². The van der Waals surface area contributed by atoms with Gasteiger partial charge >= 0.3 is 0 Å². The summed E-state index contributed by atoms with van der Waals surface area (Å²) >= 11 is 0. The van der Waals surface area contributed by atoms with Gasteiger partial charge in [-0.25, -0.2) is 0 Å². The molecule has 0 bridgehead atoms. The smallest absolute Gasteiger partial charge is 0.248 e. The van der Waals surface area contributed by atoms with Crippen LogP contribution >= 0.6 is 0 Å². The van der Waals surface area contributed by atoms with Crippen molar-refractivity contribution in [3.63, 3.8) is 0 Å². The van der Waals surface area contributed by atoms with Crippen molar-refractivity contribution in [1.82, 2.24) is 0 Å². The largest absolute Gasteiger partial charge is 0.497 e. The number of hydrogen-bond acceptors (Lipinski definition) is 3. The normalized spacial score (nSPS) is 13.5. The van der Waals surface area contributed by atoms with Gasteiger partial charge in [-0.2, -0.15) is 0 Å². The number of anilines is 2. The molecule has 0 atom stereocenters. The van der Waals surface area contributed by atoms with E-state index < -0.39 is 0 Å². The molecule has 26 heavy (non-hydrogen) atoms. The fourth-order valence-electron chi connectivity index (χ4n) is 2.49. The third kappa shape index (κ3) is 4.72. The maximum Gasteiger partial charge on any atom is 0.248 e. The van der Waals surface area contributed by atoms with E-state index in [0.717, 1.165) is 35.4 Å². The molecule has 0 radical (unpaired) electrons. The fraction of sp³-hybridized carbons (Fsp3) is 0.238. The lowest BCUT2D eigenvalue weighted by Crippen LogP contribution is -2.15. The molecular weight excluding hydrogens is 328 g/mol. The number of aryl methyl sites for hydroxylation is 1. The molecule has 2 N–H and O–H groups in total. The predicted molar refractivity (Wildman–Crippen MR) is 103 cm³/mol. The Bertz CT molecular complexity index is 837. The molecule has 0 aromatic heterocycles. The van der Waals surface area contributed by atoms with Gasteiger partial charge in [0.05, 0.1) is 7.11 Å². The minimum absolute atomic E-state index is 0.0518. The van der Waals surface area contributed by atoms with Gasteiger partial charge in [0.2, 0.25) is 11.8 Å². The number of ether oxygens (including phenoxy) is 1. The van der Waals surface area contributed by atoms with E-state index in [4.69, 9.17) is 4.74 Å². The van der Waals surface area contributed by atoms with Crippen LogP contribution in [0.2, 0.25) is 0 Å². The van der Waals surface area contributed by atoms with Gasteiger partial charge < -0.3 is 15.4 Å². The molecule has 1 aliphatic rings. The Labute approximate surface area is 153 Å². The molecule has 0 heterocycles. The average Bonchev–Trinajstić information content (AvgIpc) is 3.48. The van der Waals surface area contributed by atoms with E-state index in [1.54, 1.807) is 19.3 Å². The van der Waals surface area contributed by atoms with Crippen LogP contribution in [0, 0.1) is 12.8 Å². The van der Waals surface area contributed by atoms with E-state index in [1.165, 1.54) is 6.08 Å². The van der Waals surface area contributed by atoms with Gasteiger partial charge in [-0.3, -0.25) is 9.59 Å². The molecule has 1 fully saturated rings. The second-order valence-corrected chi connectivity index (χ2v) is 6.39. The zero-order valence-electron chi connectivity index (χ0n) is 14.9. The molecule has 1 aliphatic carbocycles. The Morgan fingerprint density at radius 1 is 1.08 bits per heavy atom. The first-order valence-corrected chi connectivity index (χ1v) is 8.60. The number of benzene rings is 2. The van der Waals surface area contributed by atoms with E-state index in [0.29, 0.717) is 5.69 Å². The van der Waals surface area contributed by atoms with Gasteiger partial charge in [0.1, 0.15) is 5.75 Å². The quantitative estimate of drug-likeness (QED) is 0.774. The molecule has 2 amide bonds. The van der Waals surface area contributed by atoms with Gasteiger partial charge in [0.25, 0.3) is 0 Å². The van der Waals surface area contributed by atoms with Crippen LogP contribution in [0.15, 0.2) is 48.5 Å². The van der Waals surface area contributed by atoms with Crippen LogP contribution in [0.3, 0.4) is 0 Å². The Hall–Kier alpha value is -3.08. The zero-order chi connectivity index (χ0) is 18.5. The SMILES string of the molecule is COc1ccc(/C=C/C(=O)Nc2ccc(C)c(NC(=O)C3CC3)c2)cc1. The van der Waals surface area contributed by atoms with Gasteiger partial charge in [-0.1, -0.05) is 18.2 Å². The standard InChI is InChI=1S/C21H22N2O3/c1-14-3-9-17(13-19(14)23-21(25)16-7-8-16)22-20(24)12-6-15-4-10-18(26-2)11-5-15/h3-6,9-13,16H,7-8H2,1-2H3,(H,22,24)(H,23,25)/b12-6+. The van der Waals surface area contributed by atoms with Crippen molar-refractivity contribution < 1.29 is 14.3 Å². The second kappa shape index (κ2) is 7.87. The van der Waals surface area contributed by atoms with Crippen molar-refractivity contribution in [2.75, 3.05) is 17.7 Å². The van der Waals surface area contributed by atoms with Crippen LogP contribution in [-0.2, 0) is 9.59 Å². The van der Waals surface area contributed by atoms with Crippen molar-refractivity contribution in [2.24, 2.45) is 5.92 Å². The highest BCUT2D eigenvalue weighted by Crippen LogP contribution is 2.31. The Morgan fingerprint density at radius 3 is 2.46 bits per heavy atom. The molecule has 134 valence electrons. The highest BCUT2D eigenvalue weighted by molar-refractivity contribution is 6.02. The minimum Gasteiger partial charge on any atom is -0.497 e. The number of methoxy groups -OCH3 is 1. The summed E-state index contributed by atoms with van der Waals surface area (Å²) in [5.41, 5.74) is 3.25. The van der Waals surface area contributed by atoms with Crippen LogP contribution in [0.4, 0.5) is 11.4 Å². The number of hydrogen-bond donors (Lipinski definition) is 2. The molecule has 2 aromatic rings. The van der Waals surface area contributed by atoms with Crippen molar-refractivity contribution in [2.45, 2.75) is 19.8 Å². The second-order valence-electron chi connectivity index (χ2n) is 6.39. The van der Waals surface area contributed by atoms with E-state index in [2.05, 4.69) is 10.6 Å². The molecule has 5 nitrogen and oxygen atoms in total. The summed E-state index contributed by atoms with van der Waals surface area (Å²) in [7, 11) is 1.61. The lowest BCUT2D eigenvalue weighted by atomic mass is 10.1. The highest BCUT2D eigenvalue weighted by Gasteiger charge is 2.29. The minimum atomic E-state index is -0.232. The molecular formula is C21H22N2O3. The summed E-state index contributed by atoms with van der Waals surface area (Å²) in [6.45, 7) is 1.93. The Morgan fingerprint density at radius 2 is 1.81 bits per heavy atom. The molecule has 0 spiro atoms. The van der Waals surface area contributed by atoms with Gasteiger partial charge in [-0.05, 0) is 61.2 Å². The Balaban J connectivity index is 1.62. The maximum atomic E-state index is 12.1. The van der Waals surface area contributed by atoms with Gasteiger partial charge in [-0.15, -0.1) is 0 Å². The van der Waals surface area contributed by atoms with Crippen molar-refractivity contribution in [1.29, 1.82) is 0 Å². The third-order valence-electron chi connectivity index (χ3n) is 4.25. The molecule has 5 heteroatoms. The zero-order valence-corrected chi connectivity index (χ0v) is 14.9. The average molecular weight is 350 g/mol. The van der Waals surface area contributed by atoms with Crippen LogP contribution in [0.5, 0.6) is 5.75 Å². The summed E-state index contributed by atoms with van der Waals surface area (Å²) in [4.78, 5) is 24.1.